The number of aliphatic hydroxyl groups is 2. The van der Waals surface area contributed by atoms with Crippen molar-refractivity contribution in [3.05, 3.63) is 0 Å². The van der Waals surface area contributed by atoms with E-state index < -0.39 is 0 Å². The van der Waals surface area contributed by atoms with Crippen LogP contribution in [0.3, 0.4) is 0 Å². The fourth-order valence-electron chi connectivity index (χ4n) is 1.36. The lowest BCUT2D eigenvalue weighted by atomic mass is 9.86. The summed E-state index contributed by atoms with van der Waals surface area (Å²) in [4.78, 5) is 0. The van der Waals surface area contributed by atoms with Crippen LogP contribution in [0.1, 0.15) is 33.6 Å². The van der Waals surface area contributed by atoms with Gasteiger partial charge in [-0.3, -0.25) is 0 Å². The van der Waals surface area contributed by atoms with E-state index in [1.807, 2.05) is 0 Å². The molecular weight excluding hydrogens is 152 g/mol. The lowest BCUT2D eigenvalue weighted by molar-refractivity contribution is 0.133. The van der Waals surface area contributed by atoms with Crippen LogP contribution in [0, 0.1) is 17.8 Å². The quantitative estimate of drug-likeness (QED) is 0.643. The van der Waals surface area contributed by atoms with Crippen molar-refractivity contribution in [3.63, 3.8) is 0 Å². The summed E-state index contributed by atoms with van der Waals surface area (Å²) in [6, 6.07) is 0. The zero-order chi connectivity index (χ0) is 9.56. The highest BCUT2D eigenvalue weighted by atomic mass is 16.3. The molecule has 0 saturated carbocycles. The maximum absolute atomic E-state index is 9.05. The van der Waals surface area contributed by atoms with Crippen LogP contribution in [0.15, 0.2) is 0 Å². The summed E-state index contributed by atoms with van der Waals surface area (Å²) >= 11 is 0. The van der Waals surface area contributed by atoms with Gasteiger partial charge in [-0.2, -0.15) is 0 Å². The molecule has 2 heteroatoms. The Balaban J connectivity index is 3.82. The average Bonchev–Trinajstić information content (AvgIpc) is 2.06. The van der Waals surface area contributed by atoms with Crippen molar-refractivity contribution >= 4 is 0 Å². The Morgan fingerprint density at radius 3 is 1.92 bits per heavy atom. The molecule has 0 bridgehead atoms. The van der Waals surface area contributed by atoms with E-state index in [0.29, 0.717) is 17.8 Å². The molecule has 0 fully saturated rings. The first-order chi connectivity index (χ1) is 5.65. The van der Waals surface area contributed by atoms with Crippen LogP contribution < -0.4 is 0 Å². The second-order valence-corrected chi connectivity index (χ2v) is 3.88. The first-order valence-electron chi connectivity index (χ1n) is 4.87. The van der Waals surface area contributed by atoms with Crippen molar-refractivity contribution in [1.29, 1.82) is 0 Å². The molecule has 0 aromatic rings. The molecule has 2 atom stereocenters. The summed E-state index contributed by atoms with van der Waals surface area (Å²) < 4.78 is 0. The van der Waals surface area contributed by atoms with E-state index in [4.69, 9.17) is 10.2 Å². The summed E-state index contributed by atoms with van der Waals surface area (Å²) in [5, 5.41) is 18.0. The highest BCUT2D eigenvalue weighted by Crippen LogP contribution is 2.21. The first kappa shape index (κ1) is 11.9. The fraction of sp³-hybridized carbons (Fsp3) is 1.00. The van der Waals surface area contributed by atoms with Crippen LogP contribution in [0.4, 0.5) is 0 Å². The molecule has 2 N–H and O–H groups in total. The molecule has 0 spiro atoms. The summed E-state index contributed by atoms with van der Waals surface area (Å²) in [6.45, 7) is 6.81. The molecule has 0 aromatic carbocycles. The average molecular weight is 174 g/mol. The molecular formula is C10H22O2. The SMILES string of the molecule is CCC(CO)CC(CO)C(C)C. The molecule has 2 unspecified atom stereocenters. The fourth-order valence-corrected chi connectivity index (χ4v) is 1.36. The molecule has 0 aliphatic carbocycles. The molecule has 0 amide bonds. The van der Waals surface area contributed by atoms with E-state index in [1.54, 1.807) is 0 Å². The van der Waals surface area contributed by atoms with Gasteiger partial charge in [-0.1, -0.05) is 27.2 Å². The van der Waals surface area contributed by atoms with Crippen molar-refractivity contribution in [3.8, 4) is 0 Å². The standard InChI is InChI=1S/C10H22O2/c1-4-9(6-11)5-10(7-12)8(2)3/h8-12H,4-7H2,1-3H3. The lowest BCUT2D eigenvalue weighted by Crippen LogP contribution is -2.19. The molecule has 0 saturated heterocycles. The van der Waals surface area contributed by atoms with Crippen LogP contribution in [0.2, 0.25) is 0 Å². The highest BCUT2D eigenvalue weighted by Gasteiger charge is 2.16. The highest BCUT2D eigenvalue weighted by molar-refractivity contribution is 4.66. The van der Waals surface area contributed by atoms with Gasteiger partial charge >= 0.3 is 0 Å². The third kappa shape index (κ3) is 4.07. The molecule has 0 aliphatic rings. The van der Waals surface area contributed by atoms with Gasteiger partial charge in [0.15, 0.2) is 0 Å². The van der Waals surface area contributed by atoms with Gasteiger partial charge in [-0.25, -0.2) is 0 Å². The van der Waals surface area contributed by atoms with E-state index in [2.05, 4.69) is 20.8 Å². The Morgan fingerprint density at radius 1 is 1.08 bits per heavy atom. The van der Waals surface area contributed by atoms with Crippen LogP contribution in [-0.4, -0.2) is 23.4 Å². The molecule has 0 aromatic heterocycles. The van der Waals surface area contributed by atoms with Crippen molar-refractivity contribution < 1.29 is 10.2 Å². The molecule has 12 heavy (non-hydrogen) atoms. The molecule has 0 radical (unpaired) electrons. The monoisotopic (exact) mass is 174 g/mol. The Morgan fingerprint density at radius 2 is 1.67 bits per heavy atom. The van der Waals surface area contributed by atoms with E-state index in [0.717, 1.165) is 12.8 Å². The van der Waals surface area contributed by atoms with Crippen LogP contribution in [0.25, 0.3) is 0 Å². The normalized spacial score (nSPS) is 16.5. The van der Waals surface area contributed by atoms with E-state index in [1.165, 1.54) is 0 Å². The number of hydrogen-bond acceptors (Lipinski definition) is 2. The third-order valence-electron chi connectivity index (χ3n) is 2.65. The number of aliphatic hydroxyl groups excluding tert-OH is 2. The van der Waals surface area contributed by atoms with Gasteiger partial charge in [0.2, 0.25) is 0 Å². The maximum Gasteiger partial charge on any atom is 0.0461 e. The Bertz CT molecular complexity index is 98.0. The zero-order valence-electron chi connectivity index (χ0n) is 8.45. The van der Waals surface area contributed by atoms with Gasteiger partial charge in [0.05, 0.1) is 0 Å². The predicted molar refractivity (Wildman–Crippen MR) is 50.9 cm³/mol. The van der Waals surface area contributed by atoms with Gasteiger partial charge in [-0.05, 0) is 24.2 Å². The number of hydrogen-bond donors (Lipinski definition) is 2. The first-order valence-corrected chi connectivity index (χ1v) is 4.87. The van der Waals surface area contributed by atoms with Gasteiger partial charge in [-0.15, -0.1) is 0 Å². The van der Waals surface area contributed by atoms with Crippen LogP contribution in [0.5, 0.6) is 0 Å². The third-order valence-corrected chi connectivity index (χ3v) is 2.65. The Kier molecular flexibility index (Phi) is 6.39. The van der Waals surface area contributed by atoms with Crippen molar-refractivity contribution in [2.75, 3.05) is 13.2 Å². The minimum atomic E-state index is 0.244. The van der Waals surface area contributed by atoms with Crippen LogP contribution >= 0.6 is 0 Å². The minimum Gasteiger partial charge on any atom is -0.396 e. The van der Waals surface area contributed by atoms with E-state index in [9.17, 15) is 0 Å². The van der Waals surface area contributed by atoms with Crippen molar-refractivity contribution in [2.24, 2.45) is 17.8 Å². The smallest absolute Gasteiger partial charge is 0.0461 e. The van der Waals surface area contributed by atoms with Gasteiger partial charge in [0.1, 0.15) is 0 Å². The Labute approximate surface area is 75.6 Å². The second kappa shape index (κ2) is 6.44. The van der Waals surface area contributed by atoms with Gasteiger partial charge in [0, 0.05) is 13.2 Å². The molecule has 0 heterocycles. The summed E-state index contributed by atoms with van der Waals surface area (Å²) in [6.07, 6.45) is 1.95. The van der Waals surface area contributed by atoms with Crippen LogP contribution in [-0.2, 0) is 0 Å². The molecule has 0 rings (SSSR count). The lowest BCUT2D eigenvalue weighted by Gasteiger charge is -2.22. The van der Waals surface area contributed by atoms with E-state index in [-0.39, 0.29) is 13.2 Å². The maximum atomic E-state index is 9.05. The van der Waals surface area contributed by atoms with Crippen molar-refractivity contribution in [1.82, 2.24) is 0 Å². The van der Waals surface area contributed by atoms with Crippen molar-refractivity contribution in [2.45, 2.75) is 33.6 Å². The molecule has 74 valence electrons. The largest absolute Gasteiger partial charge is 0.396 e. The zero-order valence-corrected chi connectivity index (χ0v) is 8.45. The van der Waals surface area contributed by atoms with E-state index >= 15 is 0 Å². The number of rotatable bonds is 6. The van der Waals surface area contributed by atoms with Gasteiger partial charge in [0.25, 0.3) is 0 Å². The van der Waals surface area contributed by atoms with Gasteiger partial charge < -0.3 is 10.2 Å². The molecule has 0 aliphatic heterocycles. The molecule has 2 nitrogen and oxygen atoms in total. The summed E-state index contributed by atoms with van der Waals surface area (Å²) in [5.74, 6) is 1.22. The summed E-state index contributed by atoms with van der Waals surface area (Å²) in [5.41, 5.74) is 0. The second-order valence-electron chi connectivity index (χ2n) is 3.88. The summed E-state index contributed by atoms with van der Waals surface area (Å²) in [7, 11) is 0. The predicted octanol–water partition coefficient (Wildman–Crippen LogP) is 1.66. The minimum absolute atomic E-state index is 0.244. The Hall–Kier alpha value is -0.0800. The topological polar surface area (TPSA) is 40.5 Å².